The van der Waals surface area contributed by atoms with Gasteiger partial charge in [-0.15, -0.1) is 17.8 Å². The normalized spacial score (nSPS) is 9.46. The molecule has 0 aliphatic rings. The lowest BCUT2D eigenvalue weighted by atomic mass is 10.1. The smallest absolute Gasteiger partial charge is 0.0843 e. The van der Waals surface area contributed by atoms with Crippen LogP contribution in [0.2, 0.25) is 0 Å². The van der Waals surface area contributed by atoms with Gasteiger partial charge in [-0.3, -0.25) is 0 Å². The van der Waals surface area contributed by atoms with Crippen molar-refractivity contribution in [2.75, 3.05) is 0 Å². The van der Waals surface area contributed by atoms with Crippen LogP contribution in [0.3, 0.4) is 0 Å². The predicted molar refractivity (Wildman–Crippen MR) is 57.7 cm³/mol. The maximum atomic E-state index is 5.39. The number of hydrogen-bond donors (Lipinski definition) is 0. The number of thiophene rings is 1. The first-order chi connectivity index (χ1) is 6.42. The molecule has 0 aliphatic heterocycles. The van der Waals surface area contributed by atoms with Crippen LogP contribution in [-0.2, 0) is 0 Å². The Hall–Kier alpha value is -1.52. The van der Waals surface area contributed by atoms with E-state index in [0.717, 1.165) is 10.4 Å². The molecule has 0 aliphatic carbocycles. The minimum absolute atomic E-state index is 1.01. The fraction of sp³-hybridized carbons (Fsp3) is 0. The second kappa shape index (κ2) is 3.47. The second-order valence-corrected chi connectivity index (χ2v) is 3.59. The lowest BCUT2D eigenvalue weighted by Gasteiger charge is -1.97. The standard InChI is InChI=1S/C12H8S/c1-2-12-11(8-9-13-12)10-6-4-3-5-7-10/h1,3-9H. The van der Waals surface area contributed by atoms with Crippen LogP contribution in [-0.4, -0.2) is 0 Å². The third kappa shape index (κ3) is 1.49. The van der Waals surface area contributed by atoms with Gasteiger partial charge in [0, 0.05) is 5.56 Å². The van der Waals surface area contributed by atoms with Crippen LogP contribution >= 0.6 is 11.3 Å². The van der Waals surface area contributed by atoms with Gasteiger partial charge >= 0.3 is 0 Å². The highest BCUT2D eigenvalue weighted by molar-refractivity contribution is 7.11. The Balaban J connectivity index is 2.54. The molecule has 0 saturated heterocycles. The van der Waals surface area contributed by atoms with Crippen molar-refractivity contribution in [2.45, 2.75) is 0 Å². The van der Waals surface area contributed by atoms with Crippen LogP contribution in [0.4, 0.5) is 0 Å². The fourth-order valence-electron chi connectivity index (χ4n) is 1.27. The van der Waals surface area contributed by atoms with Crippen LogP contribution in [0.5, 0.6) is 0 Å². The summed E-state index contributed by atoms with van der Waals surface area (Å²) in [6.45, 7) is 0. The largest absolute Gasteiger partial charge is 0.135 e. The van der Waals surface area contributed by atoms with Gasteiger partial charge in [0.2, 0.25) is 0 Å². The highest BCUT2D eigenvalue weighted by atomic mass is 32.1. The summed E-state index contributed by atoms with van der Waals surface area (Å²) in [5.74, 6) is 2.69. The molecule has 1 aromatic heterocycles. The molecule has 13 heavy (non-hydrogen) atoms. The average molecular weight is 184 g/mol. The molecule has 0 saturated carbocycles. The van der Waals surface area contributed by atoms with E-state index in [9.17, 15) is 0 Å². The first kappa shape index (κ1) is 8.10. The van der Waals surface area contributed by atoms with Crippen molar-refractivity contribution in [2.24, 2.45) is 0 Å². The van der Waals surface area contributed by atoms with Crippen molar-refractivity contribution in [1.82, 2.24) is 0 Å². The van der Waals surface area contributed by atoms with Crippen LogP contribution in [0.25, 0.3) is 11.1 Å². The predicted octanol–water partition coefficient (Wildman–Crippen LogP) is 3.40. The molecule has 0 atom stereocenters. The number of hydrogen-bond acceptors (Lipinski definition) is 1. The maximum Gasteiger partial charge on any atom is 0.0843 e. The zero-order valence-electron chi connectivity index (χ0n) is 7.03. The minimum atomic E-state index is 1.01. The Morgan fingerprint density at radius 2 is 1.85 bits per heavy atom. The monoisotopic (exact) mass is 184 g/mol. The molecule has 0 amide bonds. The van der Waals surface area contributed by atoms with E-state index in [2.05, 4.69) is 24.1 Å². The first-order valence-electron chi connectivity index (χ1n) is 4.01. The van der Waals surface area contributed by atoms with Crippen molar-refractivity contribution < 1.29 is 0 Å². The van der Waals surface area contributed by atoms with E-state index in [4.69, 9.17) is 6.42 Å². The molecule has 62 valence electrons. The third-order valence-corrected chi connectivity index (χ3v) is 2.73. The fourth-order valence-corrected chi connectivity index (χ4v) is 1.99. The number of terminal acetylenes is 1. The Labute approximate surface area is 81.9 Å². The number of rotatable bonds is 1. The van der Waals surface area contributed by atoms with E-state index in [1.807, 2.05) is 23.6 Å². The molecule has 0 spiro atoms. The topological polar surface area (TPSA) is 0 Å². The highest BCUT2D eigenvalue weighted by Gasteiger charge is 2.02. The molecule has 0 fully saturated rings. The summed E-state index contributed by atoms with van der Waals surface area (Å²) < 4.78 is 0. The van der Waals surface area contributed by atoms with Gasteiger partial charge in [-0.2, -0.15) is 0 Å². The Morgan fingerprint density at radius 3 is 2.54 bits per heavy atom. The van der Waals surface area contributed by atoms with Crippen molar-refractivity contribution >= 4 is 11.3 Å². The van der Waals surface area contributed by atoms with E-state index in [1.54, 1.807) is 11.3 Å². The number of benzene rings is 1. The van der Waals surface area contributed by atoms with Gasteiger partial charge in [0.15, 0.2) is 0 Å². The third-order valence-electron chi connectivity index (χ3n) is 1.88. The summed E-state index contributed by atoms with van der Waals surface area (Å²) in [5, 5.41) is 2.03. The van der Waals surface area contributed by atoms with Crippen LogP contribution in [0, 0.1) is 12.3 Å². The Morgan fingerprint density at radius 1 is 1.08 bits per heavy atom. The molecule has 1 aromatic carbocycles. The molecule has 0 radical (unpaired) electrons. The van der Waals surface area contributed by atoms with E-state index >= 15 is 0 Å². The minimum Gasteiger partial charge on any atom is -0.135 e. The van der Waals surface area contributed by atoms with E-state index in [-0.39, 0.29) is 0 Å². The molecular formula is C12H8S. The van der Waals surface area contributed by atoms with Gasteiger partial charge in [0.05, 0.1) is 4.88 Å². The average Bonchev–Trinajstić information content (AvgIpc) is 2.67. The van der Waals surface area contributed by atoms with Crippen LogP contribution in [0.1, 0.15) is 4.88 Å². The SMILES string of the molecule is C#Cc1sccc1-c1ccccc1. The molecule has 1 heterocycles. The van der Waals surface area contributed by atoms with Gasteiger partial charge in [-0.1, -0.05) is 36.3 Å². The van der Waals surface area contributed by atoms with E-state index in [0.29, 0.717) is 0 Å². The second-order valence-electron chi connectivity index (χ2n) is 2.67. The van der Waals surface area contributed by atoms with Crippen LogP contribution in [0.15, 0.2) is 41.8 Å². The van der Waals surface area contributed by atoms with Crippen molar-refractivity contribution in [3.8, 4) is 23.5 Å². The molecule has 2 aromatic rings. The van der Waals surface area contributed by atoms with Gasteiger partial charge in [-0.05, 0) is 17.0 Å². The summed E-state index contributed by atoms with van der Waals surface area (Å²) >= 11 is 1.61. The van der Waals surface area contributed by atoms with Gasteiger partial charge < -0.3 is 0 Å². The molecule has 2 rings (SSSR count). The lowest BCUT2D eigenvalue weighted by molar-refractivity contribution is 1.67. The maximum absolute atomic E-state index is 5.39. The summed E-state index contributed by atoms with van der Waals surface area (Å²) in [4.78, 5) is 1.01. The Kier molecular flexibility index (Phi) is 2.16. The summed E-state index contributed by atoms with van der Waals surface area (Å²) in [5.41, 5.74) is 2.35. The van der Waals surface area contributed by atoms with Crippen molar-refractivity contribution in [3.63, 3.8) is 0 Å². The first-order valence-corrected chi connectivity index (χ1v) is 4.89. The van der Waals surface area contributed by atoms with E-state index in [1.165, 1.54) is 5.56 Å². The zero-order chi connectivity index (χ0) is 9.10. The molecule has 0 N–H and O–H groups in total. The van der Waals surface area contributed by atoms with Gasteiger partial charge in [-0.25, -0.2) is 0 Å². The Bertz CT molecular complexity index is 432. The zero-order valence-corrected chi connectivity index (χ0v) is 7.84. The molecule has 0 nitrogen and oxygen atoms in total. The molecule has 0 bridgehead atoms. The van der Waals surface area contributed by atoms with Crippen molar-refractivity contribution in [1.29, 1.82) is 0 Å². The van der Waals surface area contributed by atoms with Crippen molar-refractivity contribution in [3.05, 3.63) is 46.7 Å². The highest BCUT2D eigenvalue weighted by Crippen LogP contribution is 2.26. The van der Waals surface area contributed by atoms with Gasteiger partial charge in [0.1, 0.15) is 0 Å². The lowest BCUT2D eigenvalue weighted by Crippen LogP contribution is -1.75. The van der Waals surface area contributed by atoms with Gasteiger partial charge in [0.25, 0.3) is 0 Å². The summed E-state index contributed by atoms with van der Waals surface area (Å²) in [6.07, 6.45) is 5.39. The molecule has 1 heteroatoms. The van der Waals surface area contributed by atoms with E-state index < -0.39 is 0 Å². The summed E-state index contributed by atoms with van der Waals surface area (Å²) in [7, 11) is 0. The molecular weight excluding hydrogens is 176 g/mol. The van der Waals surface area contributed by atoms with Crippen LogP contribution < -0.4 is 0 Å². The summed E-state index contributed by atoms with van der Waals surface area (Å²) in [6, 6.07) is 12.3. The quantitative estimate of drug-likeness (QED) is 0.596. The molecule has 0 unspecified atom stereocenters.